The van der Waals surface area contributed by atoms with Gasteiger partial charge >= 0.3 is 0 Å². The van der Waals surface area contributed by atoms with Gasteiger partial charge in [0.2, 0.25) is 10.0 Å². The van der Waals surface area contributed by atoms with Gasteiger partial charge in [-0.2, -0.15) is 4.31 Å². The van der Waals surface area contributed by atoms with E-state index < -0.39 is 10.0 Å². The van der Waals surface area contributed by atoms with Crippen LogP contribution in [0.15, 0.2) is 35.4 Å². The van der Waals surface area contributed by atoms with Crippen LogP contribution in [0.3, 0.4) is 0 Å². The Bertz CT molecular complexity index is 843. The second-order valence-corrected chi connectivity index (χ2v) is 8.61. The van der Waals surface area contributed by atoms with E-state index in [2.05, 4.69) is 18.8 Å². The first-order valence-corrected chi connectivity index (χ1v) is 10.3. The Morgan fingerprint density at radius 1 is 1.28 bits per heavy atom. The molecule has 0 N–H and O–H groups in total. The summed E-state index contributed by atoms with van der Waals surface area (Å²) in [7, 11) is -1.85. The normalized spacial score (nSPS) is 18.5. The number of rotatable bonds is 5. The van der Waals surface area contributed by atoms with E-state index >= 15 is 0 Å². The summed E-state index contributed by atoms with van der Waals surface area (Å²) in [6, 6.07) is 7.48. The molecule has 0 spiro atoms. The third-order valence-electron chi connectivity index (χ3n) is 5.23. The minimum atomic E-state index is -3.53. The number of nitrogens with zero attached hydrogens (tertiary/aromatic N) is 2. The van der Waals surface area contributed by atoms with Crippen LogP contribution in [-0.2, 0) is 14.8 Å². The molecular weight excluding hydrogens is 336 g/mol. The van der Waals surface area contributed by atoms with Gasteiger partial charge in [0.15, 0.2) is 0 Å². The fraction of sp³-hybridized carbons (Fsp3) is 0.526. The van der Waals surface area contributed by atoms with Crippen LogP contribution in [0.2, 0.25) is 0 Å². The fourth-order valence-electron chi connectivity index (χ4n) is 3.50. The first-order valence-electron chi connectivity index (χ1n) is 8.89. The van der Waals surface area contributed by atoms with Gasteiger partial charge in [-0.05, 0) is 37.3 Å². The summed E-state index contributed by atoms with van der Waals surface area (Å²) in [5.41, 5.74) is 1.64. The maximum Gasteiger partial charge on any atom is 0.243 e. The number of hydrogen-bond acceptors (Lipinski definition) is 4. The Kier molecular flexibility index (Phi) is 5.41. The van der Waals surface area contributed by atoms with Crippen molar-refractivity contribution in [2.24, 2.45) is 0 Å². The molecule has 1 aromatic carbocycles. The van der Waals surface area contributed by atoms with Gasteiger partial charge in [-0.3, -0.25) is 4.98 Å². The minimum Gasteiger partial charge on any atom is -0.381 e. The lowest BCUT2D eigenvalue weighted by atomic mass is 9.96. The number of pyridine rings is 1. The predicted molar refractivity (Wildman–Crippen MR) is 99.2 cm³/mol. The van der Waals surface area contributed by atoms with Crippen molar-refractivity contribution in [2.45, 2.75) is 50.0 Å². The Morgan fingerprint density at radius 3 is 2.64 bits per heavy atom. The molecule has 1 saturated heterocycles. The molecule has 0 radical (unpaired) electrons. The molecule has 3 rings (SSSR count). The van der Waals surface area contributed by atoms with Crippen LogP contribution >= 0.6 is 0 Å². The third kappa shape index (κ3) is 3.43. The van der Waals surface area contributed by atoms with Gasteiger partial charge < -0.3 is 4.74 Å². The van der Waals surface area contributed by atoms with Gasteiger partial charge in [-0.15, -0.1) is 0 Å². The summed E-state index contributed by atoms with van der Waals surface area (Å²) in [6.07, 6.45) is 4.22. The van der Waals surface area contributed by atoms with Gasteiger partial charge in [0, 0.05) is 37.3 Å². The lowest BCUT2D eigenvalue weighted by Crippen LogP contribution is -2.40. The summed E-state index contributed by atoms with van der Waals surface area (Å²) in [5.74, 6) is 0.125. The Labute approximate surface area is 150 Å². The topological polar surface area (TPSA) is 59.5 Å². The molecule has 0 amide bonds. The molecule has 1 aliphatic heterocycles. The molecular formula is C19H26N2O3S. The second kappa shape index (κ2) is 7.40. The summed E-state index contributed by atoms with van der Waals surface area (Å²) in [4.78, 5) is 4.90. The lowest BCUT2D eigenvalue weighted by Gasteiger charge is -2.31. The standard InChI is InChI=1S/C19H26N2O3S/c1-4-14(2)18-17(8-7-15-6-5-11-20-19(15)18)25(22,23)21-12-9-16(24-3)10-13-21/h5-8,11,14,16H,4,9-10,12-13H2,1-3H3. The molecule has 0 aliphatic carbocycles. The summed E-state index contributed by atoms with van der Waals surface area (Å²) in [6.45, 7) is 5.15. The monoisotopic (exact) mass is 362 g/mol. The predicted octanol–water partition coefficient (Wildman–Crippen LogP) is 3.55. The number of hydrogen-bond donors (Lipinski definition) is 0. The third-order valence-corrected chi connectivity index (χ3v) is 7.19. The zero-order valence-electron chi connectivity index (χ0n) is 15.1. The van der Waals surface area contributed by atoms with Crippen molar-refractivity contribution in [1.29, 1.82) is 0 Å². The molecule has 1 aliphatic rings. The number of sulfonamides is 1. The highest BCUT2D eigenvalue weighted by atomic mass is 32.2. The average molecular weight is 362 g/mol. The van der Waals surface area contributed by atoms with Crippen molar-refractivity contribution in [3.63, 3.8) is 0 Å². The molecule has 1 unspecified atom stereocenters. The summed E-state index contributed by atoms with van der Waals surface area (Å²) < 4.78 is 33.6. The summed E-state index contributed by atoms with van der Waals surface area (Å²) >= 11 is 0. The number of methoxy groups -OCH3 is 1. The molecule has 2 heterocycles. The second-order valence-electron chi connectivity index (χ2n) is 6.70. The lowest BCUT2D eigenvalue weighted by molar-refractivity contribution is 0.0604. The van der Waals surface area contributed by atoms with Crippen molar-refractivity contribution in [1.82, 2.24) is 9.29 Å². The zero-order valence-corrected chi connectivity index (χ0v) is 15.9. The number of fused-ring (bicyclic) bond motifs is 1. The molecule has 136 valence electrons. The SMILES string of the molecule is CCC(C)c1c(S(=O)(=O)N2CCC(OC)CC2)ccc2cccnc12. The van der Waals surface area contributed by atoms with Crippen LogP contribution in [0.4, 0.5) is 0 Å². The van der Waals surface area contributed by atoms with Gasteiger partial charge in [-0.1, -0.05) is 26.0 Å². The van der Waals surface area contributed by atoms with Crippen molar-refractivity contribution < 1.29 is 13.2 Å². The van der Waals surface area contributed by atoms with Crippen LogP contribution in [0.25, 0.3) is 10.9 Å². The van der Waals surface area contributed by atoms with Crippen LogP contribution in [0, 0.1) is 0 Å². The molecule has 2 aromatic rings. The maximum absolute atomic E-state index is 13.3. The van der Waals surface area contributed by atoms with E-state index in [4.69, 9.17) is 4.74 Å². The van der Waals surface area contributed by atoms with E-state index in [0.717, 1.165) is 35.7 Å². The molecule has 0 saturated carbocycles. The highest BCUT2D eigenvalue weighted by Gasteiger charge is 2.32. The van der Waals surface area contributed by atoms with E-state index in [1.54, 1.807) is 23.7 Å². The van der Waals surface area contributed by atoms with Crippen LogP contribution in [0.5, 0.6) is 0 Å². The van der Waals surface area contributed by atoms with Gasteiger partial charge in [0.25, 0.3) is 0 Å². The van der Waals surface area contributed by atoms with E-state index in [1.165, 1.54) is 0 Å². The zero-order chi connectivity index (χ0) is 18.0. The van der Waals surface area contributed by atoms with Crippen molar-refractivity contribution in [3.05, 3.63) is 36.0 Å². The minimum absolute atomic E-state index is 0.125. The molecule has 6 heteroatoms. The van der Waals surface area contributed by atoms with Gasteiger partial charge in [0.1, 0.15) is 0 Å². The van der Waals surface area contributed by atoms with Crippen LogP contribution < -0.4 is 0 Å². The van der Waals surface area contributed by atoms with Crippen LogP contribution in [-0.4, -0.2) is 44.0 Å². The Hall–Kier alpha value is -1.50. The first-order chi connectivity index (χ1) is 12.0. The number of ether oxygens (including phenoxy) is 1. The van der Waals surface area contributed by atoms with Gasteiger partial charge in [0.05, 0.1) is 16.5 Å². The van der Waals surface area contributed by atoms with E-state index in [0.29, 0.717) is 18.0 Å². The Morgan fingerprint density at radius 2 is 2.00 bits per heavy atom. The van der Waals surface area contributed by atoms with E-state index in [1.807, 2.05) is 18.2 Å². The van der Waals surface area contributed by atoms with E-state index in [-0.39, 0.29) is 12.0 Å². The first kappa shape index (κ1) is 18.3. The van der Waals surface area contributed by atoms with E-state index in [9.17, 15) is 8.42 Å². The molecule has 25 heavy (non-hydrogen) atoms. The molecule has 5 nitrogen and oxygen atoms in total. The highest BCUT2D eigenvalue weighted by molar-refractivity contribution is 7.89. The number of piperidine rings is 1. The maximum atomic E-state index is 13.3. The molecule has 1 aromatic heterocycles. The Balaban J connectivity index is 2.08. The number of benzene rings is 1. The van der Waals surface area contributed by atoms with Crippen molar-refractivity contribution in [2.75, 3.05) is 20.2 Å². The molecule has 1 fully saturated rings. The quantitative estimate of drug-likeness (QED) is 0.816. The van der Waals surface area contributed by atoms with Crippen LogP contribution in [0.1, 0.15) is 44.6 Å². The number of aromatic nitrogens is 1. The average Bonchev–Trinajstić information content (AvgIpc) is 2.66. The smallest absolute Gasteiger partial charge is 0.243 e. The molecule has 1 atom stereocenters. The molecule has 0 bridgehead atoms. The highest BCUT2D eigenvalue weighted by Crippen LogP contribution is 2.34. The fourth-order valence-corrected chi connectivity index (χ4v) is 5.29. The van der Waals surface area contributed by atoms with Crippen molar-refractivity contribution >= 4 is 20.9 Å². The van der Waals surface area contributed by atoms with Crippen molar-refractivity contribution in [3.8, 4) is 0 Å². The largest absolute Gasteiger partial charge is 0.381 e. The summed E-state index contributed by atoms with van der Waals surface area (Å²) in [5, 5.41) is 0.981. The van der Waals surface area contributed by atoms with Gasteiger partial charge in [-0.25, -0.2) is 8.42 Å².